The highest BCUT2D eigenvalue weighted by molar-refractivity contribution is 7.93. The number of benzene rings is 4. The molecule has 0 spiro atoms. The number of amides is 1. The van der Waals surface area contributed by atoms with Crippen LogP contribution in [-0.2, 0) is 20.0 Å². The van der Waals surface area contributed by atoms with Crippen molar-refractivity contribution >= 4 is 66.2 Å². The SMILES string of the molecule is Cc1ccc(S(=O)(=O)Nc2cccc(C(=O)Nc3ccc(S(=O)(=O)Nc4ccc(Cl)cc4Cl)cc3)c2C)cc1. The second-order valence-electron chi connectivity index (χ2n) is 8.60. The van der Waals surface area contributed by atoms with Crippen LogP contribution in [0.2, 0.25) is 10.0 Å². The molecule has 202 valence electrons. The summed E-state index contributed by atoms with van der Waals surface area (Å²) in [6.07, 6.45) is 0. The van der Waals surface area contributed by atoms with Gasteiger partial charge in [0.05, 0.1) is 26.2 Å². The van der Waals surface area contributed by atoms with Crippen LogP contribution >= 0.6 is 23.2 Å². The quantitative estimate of drug-likeness (QED) is 0.213. The molecule has 4 rings (SSSR count). The van der Waals surface area contributed by atoms with Crippen LogP contribution < -0.4 is 14.8 Å². The Balaban J connectivity index is 1.49. The summed E-state index contributed by atoms with van der Waals surface area (Å²) in [5.74, 6) is -0.495. The lowest BCUT2D eigenvalue weighted by Crippen LogP contribution is -2.17. The van der Waals surface area contributed by atoms with E-state index in [2.05, 4.69) is 14.8 Å². The molecular weight excluding hydrogens is 581 g/mol. The van der Waals surface area contributed by atoms with E-state index in [0.717, 1.165) is 5.56 Å². The number of aryl methyl sites for hydroxylation is 1. The first-order valence-electron chi connectivity index (χ1n) is 11.4. The molecule has 0 atom stereocenters. The summed E-state index contributed by atoms with van der Waals surface area (Å²) in [6, 6.07) is 21.0. The van der Waals surface area contributed by atoms with E-state index < -0.39 is 26.0 Å². The first-order valence-corrected chi connectivity index (χ1v) is 15.2. The third-order valence-electron chi connectivity index (χ3n) is 5.75. The summed E-state index contributed by atoms with van der Waals surface area (Å²) in [5, 5.41) is 3.22. The molecule has 12 heteroatoms. The van der Waals surface area contributed by atoms with Crippen LogP contribution in [0.5, 0.6) is 0 Å². The van der Waals surface area contributed by atoms with Crippen LogP contribution in [0.15, 0.2) is 94.7 Å². The predicted molar refractivity (Wildman–Crippen MR) is 155 cm³/mol. The lowest BCUT2D eigenvalue weighted by molar-refractivity contribution is 0.102. The molecule has 0 saturated heterocycles. The molecule has 0 aliphatic carbocycles. The van der Waals surface area contributed by atoms with Gasteiger partial charge in [0.15, 0.2) is 0 Å². The molecule has 0 aliphatic rings. The van der Waals surface area contributed by atoms with Gasteiger partial charge in [0.2, 0.25) is 0 Å². The third kappa shape index (κ3) is 6.72. The van der Waals surface area contributed by atoms with Crippen molar-refractivity contribution in [3.8, 4) is 0 Å². The predicted octanol–water partition coefficient (Wildman–Crippen LogP) is 6.46. The van der Waals surface area contributed by atoms with Gasteiger partial charge in [-0.15, -0.1) is 0 Å². The van der Waals surface area contributed by atoms with Crippen molar-refractivity contribution in [1.82, 2.24) is 0 Å². The second kappa shape index (κ2) is 11.3. The fraction of sp³-hybridized carbons (Fsp3) is 0.0741. The molecule has 3 N–H and O–H groups in total. The first-order chi connectivity index (χ1) is 18.4. The van der Waals surface area contributed by atoms with Crippen molar-refractivity contribution < 1.29 is 21.6 Å². The molecule has 4 aromatic rings. The van der Waals surface area contributed by atoms with Crippen molar-refractivity contribution in [1.29, 1.82) is 0 Å². The van der Waals surface area contributed by atoms with Gasteiger partial charge in [-0.3, -0.25) is 14.2 Å². The number of hydrogen-bond donors (Lipinski definition) is 3. The highest BCUT2D eigenvalue weighted by Crippen LogP contribution is 2.28. The van der Waals surface area contributed by atoms with Gasteiger partial charge in [0.1, 0.15) is 0 Å². The van der Waals surface area contributed by atoms with E-state index in [4.69, 9.17) is 23.2 Å². The van der Waals surface area contributed by atoms with E-state index in [1.807, 2.05) is 6.92 Å². The van der Waals surface area contributed by atoms with Gasteiger partial charge in [-0.05, 0) is 86.1 Å². The molecule has 0 aromatic heterocycles. The Morgan fingerprint density at radius 3 is 1.85 bits per heavy atom. The smallest absolute Gasteiger partial charge is 0.261 e. The number of sulfonamides is 2. The van der Waals surface area contributed by atoms with Crippen LogP contribution in [-0.4, -0.2) is 22.7 Å². The van der Waals surface area contributed by atoms with Crippen LogP contribution in [0, 0.1) is 13.8 Å². The second-order valence-corrected chi connectivity index (χ2v) is 12.8. The van der Waals surface area contributed by atoms with E-state index >= 15 is 0 Å². The minimum absolute atomic E-state index is 0.0461. The molecule has 0 heterocycles. The Labute approximate surface area is 237 Å². The van der Waals surface area contributed by atoms with Crippen molar-refractivity contribution in [3.63, 3.8) is 0 Å². The van der Waals surface area contributed by atoms with Crippen molar-refractivity contribution in [2.24, 2.45) is 0 Å². The van der Waals surface area contributed by atoms with Crippen LogP contribution in [0.25, 0.3) is 0 Å². The molecule has 8 nitrogen and oxygen atoms in total. The topological polar surface area (TPSA) is 121 Å². The molecular formula is C27H23Cl2N3O5S2. The zero-order valence-electron chi connectivity index (χ0n) is 20.7. The molecule has 0 radical (unpaired) electrons. The first kappa shape index (κ1) is 28.4. The molecule has 0 saturated carbocycles. The molecule has 0 bridgehead atoms. The average Bonchev–Trinajstić information content (AvgIpc) is 2.87. The zero-order valence-corrected chi connectivity index (χ0v) is 23.8. The van der Waals surface area contributed by atoms with Gasteiger partial charge in [-0.2, -0.15) is 0 Å². The minimum Gasteiger partial charge on any atom is -0.322 e. The summed E-state index contributed by atoms with van der Waals surface area (Å²) < 4.78 is 56.1. The van der Waals surface area contributed by atoms with Crippen LogP contribution in [0.4, 0.5) is 17.1 Å². The van der Waals surface area contributed by atoms with E-state index in [1.54, 1.807) is 37.3 Å². The van der Waals surface area contributed by atoms with Crippen LogP contribution in [0.3, 0.4) is 0 Å². The number of carbonyl (C=O) groups is 1. The fourth-order valence-corrected chi connectivity index (χ4v) is 6.32. The summed E-state index contributed by atoms with van der Waals surface area (Å²) in [6.45, 7) is 3.49. The summed E-state index contributed by atoms with van der Waals surface area (Å²) in [5.41, 5.74) is 2.37. The van der Waals surface area contributed by atoms with Crippen LogP contribution in [0.1, 0.15) is 21.5 Å². The molecule has 39 heavy (non-hydrogen) atoms. The minimum atomic E-state index is -3.96. The lowest BCUT2D eigenvalue weighted by Gasteiger charge is -2.14. The lowest BCUT2D eigenvalue weighted by atomic mass is 10.1. The van der Waals surface area contributed by atoms with E-state index in [-0.39, 0.29) is 31.8 Å². The Kier molecular flexibility index (Phi) is 8.22. The van der Waals surface area contributed by atoms with Gasteiger partial charge in [0, 0.05) is 16.3 Å². The van der Waals surface area contributed by atoms with Gasteiger partial charge in [0.25, 0.3) is 26.0 Å². The highest BCUT2D eigenvalue weighted by atomic mass is 35.5. The maximum atomic E-state index is 13.0. The Morgan fingerprint density at radius 2 is 1.26 bits per heavy atom. The zero-order chi connectivity index (χ0) is 28.4. The Bertz CT molecular complexity index is 1760. The largest absolute Gasteiger partial charge is 0.322 e. The van der Waals surface area contributed by atoms with Gasteiger partial charge >= 0.3 is 0 Å². The summed E-state index contributed by atoms with van der Waals surface area (Å²) >= 11 is 11.9. The number of rotatable bonds is 8. The molecule has 1 amide bonds. The highest BCUT2D eigenvalue weighted by Gasteiger charge is 2.19. The third-order valence-corrected chi connectivity index (χ3v) is 9.06. The number of nitrogens with one attached hydrogen (secondary N) is 3. The monoisotopic (exact) mass is 603 g/mol. The number of halogens is 2. The molecule has 0 aliphatic heterocycles. The normalized spacial score (nSPS) is 11.6. The summed E-state index contributed by atoms with van der Waals surface area (Å²) in [7, 11) is -7.82. The maximum Gasteiger partial charge on any atom is 0.261 e. The number of anilines is 3. The molecule has 0 fully saturated rings. The van der Waals surface area contributed by atoms with Gasteiger partial charge in [-0.1, -0.05) is 47.0 Å². The number of hydrogen-bond acceptors (Lipinski definition) is 5. The molecule has 4 aromatic carbocycles. The Morgan fingerprint density at radius 1 is 0.692 bits per heavy atom. The van der Waals surface area contributed by atoms with E-state index in [9.17, 15) is 21.6 Å². The van der Waals surface area contributed by atoms with Crippen molar-refractivity contribution in [3.05, 3.63) is 112 Å². The fourth-order valence-electron chi connectivity index (χ4n) is 3.61. The summed E-state index contributed by atoms with van der Waals surface area (Å²) in [4.78, 5) is 13.1. The van der Waals surface area contributed by atoms with Crippen molar-refractivity contribution in [2.75, 3.05) is 14.8 Å². The van der Waals surface area contributed by atoms with E-state index in [1.165, 1.54) is 54.6 Å². The average molecular weight is 605 g/mol. The van der Waals surface area contributed by atoms with Gasteiger partial charge in [-0.25, -0.2) is 16.8 Å². The number of carbonyl (C=O) groups excluding carboxylic acids is 1. The Hall–Kier alpha value is -3.57. The van der Waals surface area contributed by atoms with Crippen molar-refractivity contribution in [2.45, 2.75) is 23.6 Å². The maximum absolute atomic E-state index is 13.0. The van der Waals surface area contributed by atoms with Gasteiger partial charge < -0.3 is 5.32 Å². The standard InChI is InChI=1S/C27H23Cl2N3O5S2/c1-17-6-11-21(12-7-17)38(34,35)31-25-5-3-4-23(18(25)2)27(33)30-20-9-13-22(14-10-20)39(36,37)32-26-15-8-19(28)16-24(26)29/h3-16,31-32H,1-2H3,(H,30,33). The van der Waals surface area contributed by atoms with E-state index in [0.29, 0.717) is 16.3 Å². The molecule has 0 unspecified atom stereocenters.